The van der Waals surface area contributed by atoms with Crippen LogP contribution in [0.1, 0.15) is 43.7 Å². The SMILES string of the molecule is CC12CCC(=O)C=C1CCCc1cc(O)ccc12. The van der Waals surface area contributed by atoms with Crippen LogP contribution in [0.3, 0.4) is 0 Å². The molecule has 1 aromatic carbocycles. The number of hydrogen-bond donors (Lipinski definition) is 1. The number of phenolic OH excluding ortho intramolecular Hbond substituents is 1. The lowest BCUT2D eigenvalue weighted by molar-refractivity contribution is -0.115. The Morgan fingerprint density at radius 2 is 2.06 bits per heavy atom. The molecule has 1 atom stereocenters. The smallest absolute Gasteiger partial charge is 0.155 e. The van der Waals surface area contributed by atoms with Crippen LogP contribution < -0.4 is 0 Å². The van der Waals surface area contributed by atoms with Gasteiger partial charge in [0.15, 0.2) is 5.78 Å². The number of benzene rings is 1. The van der Waals surface area contributed by atoms with Gasteiger partial charge in [0.2, 0.25) is 0 Å². The Bertz CT molecular complexity index is 542. The molecule has 0 saturated heterocycles. The third-order valence-corrected chi connectivity index (χ3v) is 4.49. The van der Waals surface area contributed by atoms with Gasteiger partial charge in [-0.3, -0.25) is 4.79 Å². The van der Waals surface area contributed by atoms with Gasteiger partial charge in [-0.05, 0) is 55.0 Å². The van der Waals surface area contributed by atoms with Crippen LogP contribution in [0.25, 0.3) is 0 Å². The minimum Gasteiger partial charge on any atom is -0.508 e. The zero-order valence-electron chi connectivity index (χ0n) is 10.7. The Balaban J connectivity index is 2.18. The topological polar surface area (TPSA) is 37.3 Å². The number of hydrogen-bond acceptors (Lipinski definition) is 2. The van der Waals surface area contributed by atoms with Gasteiger partial charge in [0.25, 0.3) is 0 Å². The summed E-state index contributed by atoms with van der Waals surface area (Å²) in [6, 6.07) is 5.70. The molecule has 0 heterocycles. The van der Waals surface area contributed by atoms with Crippen molar-refractivity contribution < 1.29 is 9.90 Å². The Hall–Kier alpha value is -1.57. The minimum absolute atomic E-state index is 0.00650. The molecule has 0 fully saturated rings. The number of allylic oxidation sites excluding steroid dienone is 2. The van der Waals surface area contributed by atoms with Gasteiger partial charge >= 0.3 is 0 Å². The Morgan fingerprint density at radius 1 is 1.22 bits per heavy atom. The molecule has 2 aliphatic carbocycles. The Labute approximate surface area is 107 Å². The van der Waals surface area contributed by atoms with E-state index in [9.17, 15) is 9.90 Å². The molecule has 0 radical (unpaired) electrons. The van der Waals surface area contributed by atoms with Crippen molar-refractivity contribution in [2.24, 2.45) is 0 Å². The molecule has 3 rings (SSSR count). The number of fused-ring (bicyclic) bond motifs is 3. The zero-order chi connectivity index (χ0) is 12.8. The number of aryl methyl sites for hydroxylation is 1. The van der Waals surface area contributed by atoms with E-state index in [2.05, 4.69) is 6.92 Å². The highest BCUT2D eigenvalue weighted by Gasteiger charge is 2.37. The van der Waals surface area contributed by atoms with E-state index in [1.54, 1.807) is 6.07 Å². The van der Waals surface area contributed by atoms with Crippen molar-refractivity contribution in [2.45, 2.75) is 44.4 Å². The van der Waals surface area contributed by atoms with Crippen LogP contribution in [0, 0.1) is 0 Å². The summed E-state index contributed by atoms with van der Waals surface area (Å²) in [5.41, 5.74) is 3.82. The summed E-state index contributed by atoms with van der Waals surface area (Å²) in [6.07, 6.45) is 6.45. The van der Waals surface area contributed by atoms with E-state index >= 15 is 0 Å². The van der Waals surface area contributed by atoms with Crippen LogP contribution in [0.15, 0.2) is 29.8 Å². The summed E-state index contributed by atoms with van der Waals surface area (Å²) < 4.78 is 0. The second-order valence-corrected chi connectivity index (χ2v) is 5.66. The van der Waals surface area contributed by atoms with Crippen molar-refractivity contribution in [1.29, 1.82) is 0 Å². The molecule has 0 bridgehead atoms. The molecule has 0 spiro atoms. The second-order valence-electron chi connectivity index (χ2n) is 5.66. The van der Waals surface area contributed by atoms with E-state index in [0.29, 0.717) is 12.2 Å². The molecule has 1 N–H and O–H groups in total. The summed E-state index contributed by atoms with van der Waals surface area (Å²) in [4.78, 5) is 11.6. The van der Waals surface area contributed by atoms with Crippen molar-refractivity contribution in [3.8, 4) is 5.75 Å². The lowest BCUT2D eigenvalue weighted by Crippen LogP contribution is -2.29. The summed E-state index contributed by atoms with van der Waals surface area (Å²) in [7, 11) is 0. The van der Waals surface area contributed by atoms with Gasteiger partial charge in [0, 0.05) is 11.8 Å². The average Bonchev–Trinajstić information content (AvgIpc) is 2.46. The van der Waals surface area contributed by atoms with Crippen LogP contribution in [-0.2, 0) is 16.6 Å². The van der Waals surface area contributed by atoms with Crippen LogP contribution in [0.5, 0.6) is 5.75 Å². The lowest BCUT2D eigenvalue weighted by atomic mass is 9.68. The van der Waals surface area contributed by atoms with Gasteiger partial charge in [0.1, 0.15) is 5.75 Å². The van der Waals surface area contributed by atoms with Crippen molar-refractivity contribution in [3.05, 3.63) is 41.0 Å². The number of rotatable bonds is 0. The van der Waals surface area contributed by atoms with Crippen LogP contribution in [0.2, 0.25) is 0 Å². The van der Waals surface area contributed by atoms with Crippen LogP contribution in [0.4, 0.5) is 0 Å². The first kappa shape index (κ1) is 11.5. The fourth-order valence-corrected chi connectivity index (χ4v) is 3.41. The Morgan fingerprint density at radius 3 is 2.89 bits per heavy atom. The molecule has 0 saturated carbocycles. The van der Waals surface area contributed by atoms with E-state index in [0.717, 1.165) is 25.7 Å². The lowest BCUT2D eigenvalue weighted by Gasteiger charge is -2.35. The fourth-order valence-electron chi connectivity index (χ4n) is 3.41. The molecular formula is C16H18O2. The summed E-state index contributed by atoms with van der Waals surface area (Å²) in [5, 5.41) is 9.63. The van der Waals surface area contributed by atoms with Gasteiger partial charge in [-0.15, -0.1) is 0 Å². The van der Waals surface area contributed by atoms with Gasteiger partial charge < -0.3 is 5.11 Å². The molecule has 18 heavy (non-hydrogen) atoms. The first-order chi connectivity index (χ1) is 8.59. The van der Waals surface area contributed by atoms with E-state index in [4.69, 9.17) is 0 Å². The molecule has 1 aromatic rings. The summed E-state index contributed by atoms with van der Waals surface area (Å²) in [5.74, 6) is 0.612. The normalized spacial score (nSPS) is 26.9. The van der Waals surface area contributed by atoms with E-state index in [-0.39, 0.29) is 11.2 Å². The maximum atomic E-state index is 11.6. The van der Waals surface area contributed by atoms with Gasteiger partial charge in [-0.25, -0.2) is 0 Å². The van der Waals surface area contributed by atoms with Crippen LogP contribution in [-0.4, -0.2) is 10.9 Å². The maximum absolute atomic E-state index is 11.6. The fraction of sp³-hybridized carbons (Fsp3) is 0.438. The highest BCUT2D eigenvalue weighted by molar-refractivity contribution is 5.92. The average molecular weight is 242 g/mol. The standard InChI is InChI=1S/C16H18O2/c1-16-8-7-14(18)10-12(16)4-2-3-11-9-13(17)5-6-15(11)16/h5-6,9-10,17H,2-4,7-8H2,1H3. The molecule has 0 aromatic heterocycles. The molecule has 1 unspecified atom stereocenters. The Kier molecular flexibility index (Phi) is 2.54. The molecule has 0 amide bonds. The van der Waals surface area contributed by atoms with E-state index < -0.39 is 0 Å². The predicted octanol–water partition coefficient (Wildman–Crippen LogP) is 3.28. The van der Waals surface area contributed by atoms with Crippen molar-refractivity contribution >= 4 is 5.78 Å². The molecule has 2 nitrogen and oxygen atoms in total. The number of carbonyl (C=O) groups is 1. The highest BCUT2D eigenvalue weighted by Crippen LogP contribution is 2.45. The molecule has 94 valence electrons. The van der Waals surface area contributed by atoms with Crippen molar-refractivity contribution in [2.75, 3.05) is 0 Å². The third-order valence-electron chi connectivity index (χ3n) is 4.49. The molecule has 2 aliphatic rings. The first-order valence-corrected chi connectivity index (χ1v) is 6.66. The molecular weight excluding hydrogens is 224 g/mol. The zero-order valence-corrected chi connectivity index (χ0v) is 10.7. The number of ketones is 1. The molecule has 0 aliphatic heterocycles. The summed E-state index contributed by atoms with van der Waals surface area (Å²) in [6.45, 7) is 2.24. The minimum atomic E-state index is -0.00650. The maximum Gasteiger partial charge on any atom is 0.155 e. The third kappa shape index (κ3) is 1.67. The number of carbonyl (C=O) groups excluding carboxylic acids is 1. The van der Waals surface area contributed by atoms with Gasteiger partial charge in [-0.2, -0.15) is 0 Å². The van der Waals surface area contributed by atoms with E-state index in [1.807, 2.05) is 18.2 Å². The van der Waals surface area contributed by atoms with Crippen molar-refractivity contribution in [3.63, 3.8) is 0 Å². The predicted molar refractivity (Wildman–Crippen MR) is 70.7 cm³/mol. The highest BCUT2D eigenvalue weighted by atomic mass is 16.3. The monoisotopic (exact) mass is 242 g/mol. The summed E-state index contributed by atoms with van der Waals surface area (Å²) >= 11 is 0. The second kappa shape index (κ2) is 3.98. The molecule has 2 heteroatoms. The quantitative estimate of drug-likeness (QED) is 0.758. The van der Waals surface area contributed by atoms with Gasteiger partial charge in [-0.1, -0.05) is 18.6 Å². The van der Waals surface area contributed by atoms with Gasteiger partial charge in [0.05, 0.1) is 0 Å². The van der Waals surface area contributed by atoms with Crippen molar-refractivity contribution in [1.82, 2.24) is 0 Å². The first-order valence-electron chi connectivity index (χ1n) is 6.66. The van der Waals surface area contributed by atoms with Crippen LogP contribution >= 0.6 is 0 Å². The number of phenols is 1. The van der Waals surface area contributed by atoms with E-state index in [1.165, 1.54) is 16.7 Å². The largest absolute Gasteiger partial charge is 0.508 e. The number of aromatic hydroxyl groups is 1.